The van der Waals surface area contributed by atoms with Gasteiger partial charge in [0.2, 0.25) is 10.0 Å². The lowest BCUT2D eigenvalue weighted by Gasteiger charge is -2.10. The molecule has 0 saturated carbocycles. The maximum absolute atomic E-state index is 12.3. The van der Waals surface area contributed by atoms with Gasteiger partial charge in [0.15, 0.2) is 5.82 Å². The van der Waals surface area contributed by atoms with E-state index in [-0.39, 0.29) is 11.4 Å². The maximum Gasteiger partial charge on any atom is 0.240 e. The van der Waals surface area contributed by atoms with E-state index in [0.29, 0.717) is 24.0 Å². The van der Waals surface area contributed by atoms with Crippen molar-refractivity contribution in [2.75, 3.05) is 18.4 Å². The van der Waals surface area contributed by atoms with Crippen molar-refractivity contribution in [3.05, 3.63) is 60.2 Å². The fourth-order valence-corrected chi connectivity index (χ4v) is 3.56. The Morgan fingerprint density at radius 2 is 1.89 bits per heavy atom. The van der Waals surface area contributed by atoms with E-state index >= 15 is 0 Å². The Morgan fingerprint density at radius 1 is 1.11 bits per heavy atom. The fourth-order valence-electron chi connectivity index (χ4n) is 2.53. The number of hydrogen-bond donors (Lipinski definition) is 2. The number of rotatable bonds is 8. The van der Waals surface area contributed by atoms with Gasteiger partial charge in [-0.25, -0.2) is 27.8 Å². The van der Waals surface area contributed by atoms with Gasteiger partial charge in [0.1, 0.15) is 11.6 Å². The predicted molar refractivity (Wildman–Crippen MR) is 103 cm³/mol. The van der Waals surface area contributed by atoms with E-state index in [0.717, 1.165) is 12.0 Å². The number of hydrogen-bond acceptors (Lipinski definition) is 6. The monoisotopic (exact) mass is 386 g/mol. The smallest absolute Gasteiger partial charge is 0.240 e. The van der Waals surface area contributed by atoms with Crippen molar-refractivity contribution in [2.45, 2.75) is 25.2 Å². The molecule has 8 nitrogen and oxygen atoms in total. The lowest BCUT2D eigenvalue weighted by Crippen LogP contribution is -2.29. The normalized spacial score (nSPS) is 11.5. The van der Waals surface area contributed by atoms with Crippen LogP contribution < -0.4 is 10.0 Å². The third kappa shape index (κ3) is 4.89. The minimum absolute atomic E-state index is 0.234. The molecule has 2 aromatic heterocycles. The second kappa shape index (κ2) is 8.28. The summed E-state index contributed by atoms with van der Waals surface area (Å²) in [6.45, 7) is 4.44. The molecule has 1 aromatic carbocycles. The third-order valence-electron chi connectivity index (χ3n) is 3.93. The molecule has 0 atom stereocenters. The van der Waals surface area contributed by atoms with Crippen molar-refractivity contribution in [1.29, 1.82) is 0 Å². The van der Waals surface area contributed by atoms with Gasteiger partial charge in [0.25, 0.3) is 0 Å². The van der Waals surface area contributed by atoms with Crippen LogP contribution in [0.5, 0.6) is 0 Å². The highest BCUT2D eigenvalue weighted by Gasteiger charge is 2.13. The van der Waals surface area contributed by atoms with Crippen LogP contribution in [0.3, 0.4) is 0 Å². The van der Waals surface area contributed by atoms with E-state index in [2.05, 4.69) is 25.1 Å². The van der Waals surface area contributed by atoms with Gasteiger partial charge in [-0.05, 0) is 37.1 Å². The van der Waals surface area contributed by atoms with Crippen LogP contribution in [0.2, 0.25) is 0 Å². The molecule has 0 radical (unpaired) electrons. The molecule has 3 aromatic rings. The second-order valence-electron chi connectivity index (χ2n) is 5.93. The molecule has 3 rings (SSSR count). The topological polar surface area (TPSA) is 102 Å². The van der Waals surface area contributed by atoms with Crippen LogP contribution in [0.25, 0.3) is 5.82 Å². The molecule has 0 aliphatic rings. The van der Waals surface area contributed by atoms with Crippen molar-refractivity contribution >= 4 is 15.8 Å². The van der Waals surface area contributed by atoms with Gasteiger partial charge < -0.3 is 5.32 Å². The van der Waals surface area contributed by atoms with Gasteiger partial charge in [-0.3, -0.25) is 0 Å². The van der Waals surface area contributed by atoms with E-state index in [4.69, 9.17) is 0 Å². The molecule has 9 heteroatoms. The number of anilines is 1. The number of sulfonamides is 1. The zero-order valence-corrected chi connectivity index (χ0v) is 16.1. The number of aromatic nitrogens is 4. The van der Waals surface area contributed by atoms with Crippen LogP contribution in [0.1, 0.15) is 18.3 Å². The average Bonchev–Trinajstić information content (AvgIpc) is 3.20. The van der Waals surface area contributed by atoms with Gasteiger partial charge in [0, 0.05) is 31.5 Å². The Morgan fingerprint density at radius 3 is 2.56 bits per heavy atom. The molecule has 0 aliphatic carbocycles. The molecule has 0 spiro atoms. The van der Waals surface area contributed by atoms with E-state index in [9.17, 15) is 8.42 Å². The fraction of sp³-hybridized carbons (Fsp3) is 0.278. The summed E-state index contributed by atoms with van der Waals surface area (Å²) in [7, 11) is -3.53. The van der Waals surface area contributed by atoms with Crippen LogP contribution in [-0.2, 0) is 16.4 Å². The standard InChI is InChI=1S/C18H22N6O2S/c1-3-15-5-7-16(8-6-15)27(25,26)21-11-10-19-17-13-18(23-14(2)22-17)24-12-4-9-20-24/h4-9,12-13,21H,3,10-11H2,1-2H3,(H,19,22,23). The highest BCUT2D eigenvalue weighted by molar-refractivity contribution is 7.89. The Hall–Kier alpha value is -2.78. The first kappa shape index (κ1) is 19.0. The van der Waals surface area contributed by atoms with Gasteiger partial charge in [-0.1, -0.05) is 19.1 Å². The Labute approximate surface area is 158 Å². The van der Waals surface area contributed by atoms with Crippen LogP contribution in [0, 0.1) is 6.92 Å². The lowest BCUT2D eigenvalue weighted by molar-refractivity contribution is 0.583. The first-order valence-corrected chi connectivity index (χ1v) is 10.1. The molecule has 27 heavy (non-hydrogen) atoms. The van der Waals surface area contributed by atoms with E-state index in [1.807, 2.05) is 25.1 Å². The highest BCUT2D eigenvalue weighted by atomic mass is 32.2. The minimum atomic E-state index is -3.53. The minimum Gasteiger partial charge on any atom is -0.369 e. The zero-order valence-electron chi connectivity index (χ0n) is 15.3. The van der Waals surface area contributed by atoms with Crippen LogP contribution in [0.4, 0.5) is 5.82 Å². The van der Waals surface area contributed by atoms with Crippen LogP contribution in [-0.4, -0.2) is 41.3 Å². The Bertz CT molecular complexity index is 985. The van der Waals surface area contributed by atoms with E-state index < -0.39 is 10.0 Å². The summed E-state index contributed by atoms with van der Waals surface area (Å²) in [5.41, 5.74) is 1.10. The second-order valence-corrected chi connectivity index (χ2v) is 7.70. The van der Waals surface area contributed by atoms with E-state index in [1.165, 1.54) is 0 Å². The molecule has 0 amide bonds. The summed E-state index contributed by atoms with van der Waals surface area (Å²) in [6, 6.07) is 10.5. The third-order valence-corrected chi connectivity index (χ3v) is 5.41. The molecule has 0 fully saturated rings. The molecular weight excluding hydrogens is 364 g/mol. The largest absolute Gasteiger partial charge is 0.369 e. The van der Waals surface area contributed by atoms with Crippen molar-refractivity contribution in [3.8, 4) is 5.82 Å². The summed E-state index contributed by atoms with van der Waals surface area (Å²) in [6.07, 6.45) is 4.34. The predicted octanol–water partition coefficient (Wildman–Crippen LogP) is 1.92. The van der Waals surface area contributed by atoms with Crippen LogP contribution in [0.15, 0.2) is 53.7 Å². The highest BCUT2D eigenvalue weighted by Crippen LogP contribution is 2.12. The average molecular weight is 386 g/mol. The zero-order chi connectivity index (χ0) is 19.3. The van der Waals surface area contributed by atoms with Gasteiger partial charge in [-0.2, -0.15) is 5.10 Å². The van der Waals surface area contributed by atoms with Gasteiger partial charge in [-0.15, -0.1) is 0 Å². The van der Waals surface area contributed by atoms with Crippen LogP contribution >= 0.6 is 0 Å². The van der Waals surface area contributed by atoms with E-state index in [1.54, 1.807) is 42.2 Å². The summed E-state index contributed by atoms with van der Waals surface area (Å²) in [5.74, 6) is 1.85. The molecule has 0 unspecified atom stereocenters. The summed E-state index contributed by atoms with van der Waals surface area (Å²) in [4.78, 5) is 8.91. The molecule has 0 bridgehead atoms. The number of nitrogens with zero attached hydrogens (tertiary/aromatic N) is 4. The van der Waals surface area contributed by atoms with Crippen molar-refractivity contribution in [1.82, 2.24) is 24.5 Å². The van der Waals surface area contributed by atoms with Crippen molar-refractivity contribution in [3.63, 3.8) is 0 Å². The maximum atomic E-state index is 12.3. The van der Waals surface area contributed by atoms with Gasteiger partial charge >= 0.3 is 0 Å². The lowest BCUT2D eigenvalue weighted by atomic mass is 10.2. The molecular formula is C18H22N6O2S. The summed E-state index contributed by atoms with van der Waals surface area (Å²) in [5, 5.41) is 7.26. The molecule has 0 aliphatic heterocycles. The van der Waals surface area contributed by atoms with Gasteiger partial charge in [0.05, 0.1) is 4.90 Å². The van der Waals surface area contributed by atoms with Crippen molar-refractivity contribution in [2.24, 2.45) is 0 Å². The first-order chi connectivity index (χ1) is 13.0. The summed E-state index contributed by atoms with van der Waals surface area (Å²) >= 11 is 0. The molecule has 2 N–H and O–H groups in total. The summed E-state index contributed by atoms with van der Waals surface area (Å²) < 4.78 is 28.9. The number of aryl methyl sites for hydroxylation is 2. The Balaban J connectivity index is 1.58. The number of benzene rings is 1. The SMILES string of the molecule is CCc1ccc(S(=O)(=O)NCCNc2cc(-n3cccn3)nc(C)n2)cc1. The van der Waals surface area contributed by atoms with Crippen molar-refractivity contribution < 1.29 is 8.42 Å². The quantitative estimate of drug-likeness (QED) is 0.574. The molecule has 0 saturated heterocycles. The number of nitrogens with one attached hydrogen (secondary N) is 2. The first-order valence-electron chi connectivity index (χ1n) is 8.66. The molecule has 2 heterocycles. The molecule has 142 valence electrons. The Kier molecular flexibility index (Phi) is 5.82.